The summed E-state index contributed by atoms with van der Waals surface area (Å²) in [5, 5.41) is 12.9. The number of aliphatic hydroxyl groups is 1. The number of aromatic nitrogens is 2. The summed E-state index contributed by atoms with van der Waals surface area (Å²) >= 11 is 5.95. The number of hydrogen-bond acceptors (Lipinski definition) is 6. The van der Waals surface area contributed by atoms with Crippen molar-refractivity contribution in [1.29, 1.82) is 0 Å². The Morgan fingerprint density at radius 3 is 2.69 bits per heavy atom. The number of rotatable bonds is 8. The van der Waals surface area contributed by atoms with E-state index in [2.05, 4.69) is 39.6 Å². The van der Waals surface area contributed by atoms with Gasteiger partial charge in [0.25, 0.3) is 0 Å². The highest BCUT2D eigenvalue weighted by molar-refractivity contribution is 6.32. The Morgan fingerprint density at radius 2 is 2.04 bits per heavy atom. The lowest BCUT2D eigenvalue weighted by atomic mass is 9.69. The molecule has 0 radical (unpaired) electrons. The number of hydrogen-bond donors (Lipinski definition) is 3. The molecule has 1 aromatic heterocycles. The third kappa shape index (κ3) is 4.31. The molecule has 0 spiro atoms. The number of benzene rings is 1. The predicted octanol–water partition coefficient (Wildman–Crippen LogP) is 2.96. The van der Waals surface area contributed by atoms with Crippen molar-refractivity contribution in [2.45, 2.75) is 31.7 Å². The fourth-order valence-corrected chi connectivity index (χ4v) is 3.75. The van der Waals surface area contributed by atoms with Crippen molar-refractivity contribution in [3.8, 4) is 0 Å². The number of aliphatic hydroxyl groups excluding tert-OH is 1. The van der Waals surface area contributed by atoms with Crippen LogP contribution in [0.15, 0.2) is 30.3 Å². The number of nitrogens with zero attached hydrogens (tertiary/aromatic N) is 2. The van der Waals surface area contributed by atoms with E-state index in [1.54, 1.807) is 0 Å². The van der Waals surface area contributed by atoms with Crippen LogP contribution in [0.2, 0.25) is 5.15 Å². The summed E-state index contributed by atoms with van der Waals surface area (Å²) < 4.78 is 0. The van der Waals surface area contributed by atoms with Gasteiger partial charge in [-0.15, -0.1) is 0 Å². The zero-order chi connectivity index (χ0) is 18.5. The van der Waals surface area contributed by atoms with Gasteiger partial charge in [-0.1, -0.05) is 41.9 Å². The minimum absolute atomic E-state index is 0.00543. The highest BCUT2D eigenvalue weighted by Crippen LogP contribution is 2.40. The van der Waals surface area contributed by atoms with E-state index in [-0.39, 0.29) is 35.1 Å². The van der Waals surface area contributed by atoms with Crippen LogP contribution < -0.4 is 11.1 Å². The highest BCUT2D eigenvalue weighted by atomic mass is 35.5. The van der Waals surface area contributed by atoms with Crippen molar-refractivity contribution in [3.63, 3.8) is 0 Å². The molecule has 3 rings (SSSR count). The van der Waals surface area contributed by atoms with Crippen LogP contribution in [0.4, 0.5) is 11.8 Å². The molecule has 0 amide bonds. The summed E-state index contributed by atoms with van der Waals surface area (Å²) in [5.41, 5.74) is 7.14. The second kappa shape index (κ2) is 8.47. The molecule has 1 aliphatic carbocycles. The maximum atomic E-state index is 11.2. The van der Waals surface area contributed by atoms with Crippen LogP contribution in [-0.2, 0) is 6.42 Å². The molecule has 1 fully saturated rings. The number of nitrogens with two attached hydrogens (primary N) is 1. The van der Waals surface area contributed by atoms with Crippen molar-refractivity contribution in [2.75, 3.05) is 17.7 Å². The fraction of sp³-hybridized carbons (Fsp3) is 0.421. The maximum Gasteiger partial charge on any atom is 0.223 e. The van der Waals surface area contributed by atoms with Gasteiger partial charge in [0.05, 0.1) is 18.2 Å². The van der Waals surface area contributed by atoms with Gasteiger partial charge < -0.3 is 16.2 Å². The second-order valence-corrected chi connectivity index (χ2v) is 7.17. The Kier molecular flexibility index (Phi) is 6.06. The van der Waals surface area contributed by atoms with Crippen molar-refractivity contribution in [2.24, 2.45) is 11.8 Å². The van der Waals surface area contributed by atoms with Gasteiger partial charge in [0.1, 0.15) is 11.0 Å². The third-order valence-electron chi connectivity index (χ3n) is 5.08. The Morgan fingerprint density at radius 1 is 1.31 bits per heavy atom. The van der Waals surface area contributed by atoms with Crippen LogP contribution in [0.25, 0.3) is 0 Å². The van der Waals surface area contributed by atoms with E-state index in [1.165, 1.54) is 5.56 Å². The normalized spacial score (nSPS) is 20.2. The molecule has 0 bridgehead atoms. The van der Waals surface area contributed by atoms with Gasteiger partial charge in [-0.3, -0.25) is 4.79 Å². The van der Waals surface area contributed by atoms with E-state index in [0.717, 1.165) is 25.7 Å². The summed E-state index contributed by atoms with van der Waals surface area (Å²) in [7, 11) is 0. The van der Waals surface area contributed by atoms with Crippen LogP contribution in [-0.4, -0.2) is 34.0 Å². The second-order valence-electron chi connectivity index (χ2n) is 6.81. The smallest absolute Gasteiger partial charge is 0.223 e. The number of nitrogens with one attached hydrogen (secondary N) is 1. The molecule has 1 saturated carbocycles. The molecule has 0 saturated heterocycles. The number of carbonyl (C=O) groups is 1. The summed E-state index contributed by atoms with van der Waals surface area (Å²) in [6.07, 6.45) is 4.89. The first kappa shape index (κ1) is 18.6. The molecule has 2 aromatic rings. The largest absolute Gasteiger partial charge is 0.394 e. The zero-order valence-electron chi connectivity index (χ0n) is 14.4. The first-order valence-corrected chi connectivity index (χ1v) is 9.18. The van der Waals surface area contributed by atoms with Gasteiger partial charge in [0, 0.05) is 0 Å². The van der Waals surface area contributed by atoms with E-state index >= 15 is 0 Å². The molecule has 1 heterocycles. The SMILES string of the molecule is Nc1nc(Cl)c(C=O)c(NC(CO)C2CC(CCc3ccccc3)C2)n1. The lowest BCUT2D eigenvalue weighted by molar-refractivity contribution is 0.112. The molecule has 6 nitrogen and oxygen atoms in total. The third-order valence-corrected chi connectivity index (χ3v) is 5.37. The number of aryl methyl sites for hydroxylation is 1. The lowest BCUT2D eigenvalue weighted by Crippen LogP contribution is -2.41. The summed E-state index contributed by atoms with van der Waals surface area (Å²) in [6, 6.07) is 10.3. The molecule has 1 aromatic carbocycles. The summed E-state index contributed by atoms with van der Waals surface area (Å²) in [6.45, 7) is -0.0457. The van der Waals surface area contributed by atoms with Crippen LogP contribution in [0.5, 0.6) is 0 Å². The Bertz CT molecular complexity index is 751. The predicted molar refractivity (Wildman–Crippen MR) is 102 cm³/mol. The monoisotopic (exact) mass is 374 g/mol. The molecular weight excluding hydrogens is 352 g/mol. The molecule has 4 N–H and O–H groups in total. The summed E-state index contributed by atoms with van der Waals surface area (Å²) in [4.78, 5) is 19.1. The molecule has 7 heteroatoms. The first-order chi connectivity index (χ1) is 12.6. The highest BCUT2D eigenvalue weighted by Gasteiger charge is 2.35. The van der Waals surface area contributed by atoms with Gasteiger partial charge in [-0.05, 0) is 43.1 Å². The minimum Gasteiger partial charge on any atom is -0.394 e. The molecule has 1 unspecified atom stereocenters. The topological polar surface area (TPSA) is 101 Å². The molecule has 0 aliphatic heterocycles. The average molecular weight is 375 g/mol. The van der Waals surface area contributed by atoms with E-state index in [0.29, 0.717) is 18.1 Å². The average Bonchev–Trinajstić information content (AvgIpc) is 2.59. The molecule has 1 atom stereocenters. The van der Waals surface area contributed by atoms with Crippen molar-refractivity contribution < 1.29 is 9.90 Å². The van der Waals surface area contributed by atoms with Gasteiger partial charge in [-0.25, -0.2) is 4.98 Å². The number of anilines is 2. The number of carbonyl (C=O) groups excluding carboxylic acids is 1. The van der Waals surface area contributed by atoms with E-state index in [4.69, 9.17) is 17.3 Å². The van der Waals surface area contributed by atoms with E-state index in [9.17, 15) is 9.90 Å². The number of nitrogen functional groups attached to an aromatic ring is 1. The first-order valence-electron chi connectivity index (χ1n) is 8.80. The van der Waals surface area contributed by atoms with E-state index in [1.807, 2.05) is 6.07 Å². The molecule has 1 aliphatic rings. The zero-order valence-corrected chi connectivity index (χ0v) is 15.2. The fourth-order valence-electron chi connectivity index (χ4n) is 3.53. The van der Waals surface area contributed by atoms with Crippen LogP contribution in [0, 0.1) is 11.8 Å². The van der Waals surface area contributed by atoms with Gasteiger partial charge in [0.2, 0.25) is 5.95 Å². The van der Waals surface area contributed by atoms with Crippen LogP contribution >= 0.6 is 11.6 Å². The van der Waals surface area contributed by atoms with Crippen LogP contribution in [0.3, 0.4) is 0 Å². The molecule has 26 heavy (non-hydrogen) atoms. The maximum absolute atomic E-state index is 11.2. The van der Waals surface area contributed by atoms with Crippen LogP contribution in [0.1, 0.15) is 35.2 Å². The van der Waals surface area contributed by atoms with Crippen molar-refractivity contribution in [3.05, 3.63) is 46.6 Å². The Hall–Kier alpha value is -2.18. The minimum atomic E-state index is -0.188. The molecule has 138 valence electrons. The van der Waals surface area contributed by atoms with Crippen molar-refractivity contribution in [1.82, 2.24) is 9.97 Å². The van der Waals surface area contributed by atoms with E-state index < -0.39 is 0 Å². The standard InChI is InChI=1S/C19H23ClN4O2/c20-17-15(10-25)18(24-19(21)23-17)22-16(11-26)14-8-13(9-14)7-6-12-4-2-1-3-5-12/h1-5,10,13-14,16,26H,6-9,11H2,(H3,21,22,23,24). The Balaban J connectivity index is 1.55. The number of aldehydes is 1. The molecular formula is C19H23ClN4O2. The quantitative estimate of drug-likeness (QED) is 0.485. The van der Waals surface area contributed by atoms with Gasteiger partial charge in [0.15, 0.2) is 6.29 Å². The Labute approximate surface area is 157 Å². The van der Waals surface area contributed by atoms with Gasteiger partial charge >= 0.3 is 0 Å². The lowest BCUT2D eigenvalue weighted by Gasteiger charge is -2.40. The summed E-state index contributed by atoms with van der Waals surface area (Å²) in [5.74, 6) is 1.26. The van der Waals surface area contributed by atoms with Gasteiger partial charge in [-0.2, -0.15) is 4.98 Å². The number of halogens is 1. The van der Waals surface area contributed by atoms with Crippen molar-refractivity contribution >= 4 is 29.7 Å².